The Bertz CT molecular complexity index is 503. The zero-order chi connectivity index (χ0) is 12.6. The molecule has 1 aliphatic rings. The number of carbonyl (C=O) groups is 1. The molecule has 0 aliphatic carbocycles. The maximum Gasteiger partial charge on any atom is 0.359 e. The van der Waals surface area contributed by atoms with Gasteiger partial charge in [-0.05, 0) is 19.1 Å². The van der Waals surface area contributed by atoms with Crippen molar-refractivity contribution in [2.75, 3.05) is 5.01 Å². The number of nitrogens with zero attached hydrogens (tertiary/aromatic N) is 2. The molecule has 0 saturated carbocycles. The van der Waals surface area contributed by atoms with E-state index in [0.29, 0.717) is 16.4 Å². The fourth-order valence-corrected chi connectivity index (χ4v) is 1.98. The zero-order valence-electron chi connectivity index (χ0n) is 9.09. The number of halogens is 1. The number of carboxylic acids is 1. The largest absolute Gasteiger partial charge is 0.478 e. The first kappa shape index (κ1) is 11.9. The molecule has 0 bridgehead atoms. The van der Waals surface area contributed by atoms with Gasteiger partial charge < -0.3 is 10.2 Å². The highest BCUT2D eigenvalue weighted by Gasteiger charge is 2.48. The van der Waals surface area contributed by atoms with Crippen LogP contribution >= 0.6 is 11.6 Å². The molecule has 0 radical (unpaired) electrons. The molecule has 0 fully saturated rings. The molecule has 5 nitrogen and oxygen atoms in total. The lowest BCUT2D eigenvalue weighted by Crippen LogP contribution is -2.50. The Morgan fingerprint density at radius 1 is 1.53 bits per heavy atom. The summed E-state index contributed by atoms with van der Waals surface area (Å²) in [7, 11) is 0. The molecule has 0 amide bonds. The van der Waals surface area contributed by atoms with E-state index in [1.807, 2.05) is 0 Å². The Balaban J connectivity index is 2.50. The maximum atomic E-state index is 11.2. The van der Waals surface area contributed by atoms with Gasteiger partial charge >= 0.3 is 5.97 Å². The van der Waals surface area contributed by atoms with Gasteiger partial charge in [0.05, 0.1) is 10.7 Å². The van der Waals surface area contributed by atoms with E-state index >= 15 is 0 Å². The molecule has 2 rings (SSSR count). The second-order valence-electron chi connectivity index (χ2n) is 3.90. The van der Waals surface area contributed by atoms with Crippen molar-refractivity contribution in [2.24, 2.45) is 5.10 Å². The fourth-order valence-electron chi connectivity index (χ4n) is 1.76. The topological polar surface area (TPSA) is 73.1 Å². The number of hydrogen-bond acceptors (Lipinski definition) is 4. The number of carboxylic acid groups (broad SMARTS) is 1. The molecular formula is C11H11ClN2O3. The lowest BCUT2D eigenvalue weighted by Gasteiger charge is -2.28. The van der Waals surface area contributed by atoms with Crippen LogP contribution < -0.4 is 5.01 Å². The van der Waals surface area contributed by atoms with Gasteiger partial charge in [-0.1, -0.05) is 23.7 Å². The van der Waals surface area contributed by atoms with Crippen LogP contribution in [-0.4, -0.2) is 27.6 Å². The van der Waals surface area contributed by atoms with E-state index in [2.05, 4.69) is 5.10 Å². The highest BCUT2D eigenvalue weighted by atomic mass is 35.5. The average molecular weight is 255 g/mol. The Morgan fingerprint density at radius 2 is 2.18 bits per heavy atom. The maximum absolute atomic E-state index is 11.2. The second kappa shape index (κ2) is 4.01. The number of rotatable bonds is 2. The van der Waals surface area contributed by atoms with Crippen molar-refractivity contribution in [2.45, 2.75) is 19.1 Å². The lowest BCUT2D eigenvalue weighted by atomic mass is 10.1. The van der Waals surface area contributed by atoms with Gasteiger partial charge in [-0.15, -0.1) is 0 Å². The summed E-state index contributed by atoms with van der Waals surface area (Å²) in [6.07, 6.45) is -0.0481. The van der Waals surface area contributed by atoms with Crippen LogP contribution in [0.25, 0.3) is 0 Å². The number of benzene rings is 1. The predicted octanol–water partition coefficient (Wildman–Crippen LogP) is 1.70. The number of aliphatic carboxylic acids is 1. The van der Waals surface area contributed by atoms with Gasteiger partial charge in [-0.2, -0.15) is 5.10 Å². The third kappa shape index (κ3) is 1.87. The lowest BCUT2D eigenvalue weighted by molar-refractivity contribution is -0.157. The van der Waals surface area contributed by atoms with Crippen LogP contribution in [0.2, 0.25) is 5.02 Å². The summed E-state index contributed by atoms with van der Waals surface area (Å²) < 4.78 is 0. The quantitative estimate of drug-likeness (QED) is 0.843. The van der Waals surface area contributed by atoms with Crippen LogP contribution in [0.1, 0.15) is 13.3 Å². The smallest absolute Gasteiger partial charge is 0.359 e. The van der Waals surface area contributed by atoms with E-state index in [-0.39, 0.29) is 6.42 Å². The summed E-state index contributed by atoms with van der Waals surface area (Å²) in [5.74, 6) is -1.35. The van der Waals surface area contributed by atoms with Gasteiger partial charge in [0, 0.05) is 12.1 Å². The summed E-state index contributed by atoms with van der Waals surface area (Å²) in [5.41, 5.74) is -1.15. The van der Waals surface area contributed by atoms with Crippen LogP contribution in [-0.2, 0) is 4.79 Å². The van der Waals surface area contributed by atoms with E-state index in [0.717, 1.165) is 5.01 Å². The molecule has 2 N–H and O–H groups in total. The molecule has 1 heterocycles. The van der Waals surface area contributed by atoms with E-state index < -0.39 is 11.7 Å². The van der Waals surface area contributed by atoms with Gasteiger partial charge in [0.15, 0.2) is 0 Å². The normalized spacial score (nSPS) is 23.7. The highest BCUT2D eigenvalue weighted by molar-refractivity contribution is 6.33. The summed E-state index contributed by atoms with van der Waals surface area (Å²) in [5, 5.41) is 24.7. The molecule has 1 aromatic rings. The minimum Gasteiger partial charge on any atom is -0.478 e. The van der Waals surface area contributed by atoms with Crippen LogP contribution in [0.4, 0.5) is 5.69 Å². The van der Waals surface area contributed by atoms with E-state index in [4.69, 9.17) is 16.7 Å². The van der Waals surface area contributed by atoms with Gasteiger partial charge in [0.25, 0.3) is 5.72 Å². The minimum absolute atomic E-state index is 0.0481. The number of hydrogen-bond donors (Lipinski definition) is 2. The molecule has 0 aromatic heterocycles. The van der Waals surface area contributed by atoms with Crippen LogP contribution in [0.15, 0.2) is 29.4 Å². The van der Waals surface area contributed by atoms with Crippen LogP contribution in [0, 0.1) is 0 Å². The Hall–Kier alpha value is -1.59. The van der Waals surface area contributed by atoms with Crippen molar-refractivity contribution >= 4 is 29.0 Å². The number of aliphatic hydroxyl groups is 1. The summed E-state index contributed by atoms with van der Waals surface area (Å²) in [4.78, 5) is 11.2. The molecule has 1 unspecified atom stereocenters. The molecule has 0 saturated heterocycles. The summed E-state index contributed by atoms with van der Waals surface area (Å²) >= 11 is 5.97. The Labute approximate surface area is 103 Å². The van der Waals surface area contributed by atoms with Gasteiger partial charge in [-0.3, -0.25) is 0 Å². The third-order valence-electron chi connectivity index (χ3n) is 2.55. The molecule has 0 spiro atoms. The number of para-hydroxylation sites is 1. The second-order valence-corrected chi connectivity index (χ2v) is 4.30. The first-order valence-electron chi connectivity index (χ1n) is 5.00. The first-order valence-corrected chi connectivity index (χ1v) is 5.37. The van der Waals surface area contributed by atoms with E-state index in [1.165, 1.54) is 0 Å². The predicted molar refractivity (Wildman–Crippen MR) is 64.2 cm³/mol. The van der Waals surface area contributed by atoms with Crippen molar-refractivity contribution in [1.29, 1.82) is 0 Å². The Kier molecular flexibility index (Phi) is 2.81. The SMILES string of the molecule is CC1=NN(c2ccccc2Cl)C(O)(C(=O)O)C1. The highest BCUT2D eigenvalue weighted by Crippen LogP contribution is 2.35. The monoisotopic (exact) mass is 254 g/mol. The van der Waals surface area contributed by atoms with Gasteiger partial charge in [0.2, 0.25) is 0 Å². The molecule has 17 heavy (non-hydrogen) atoms. The van der Waals surface area contributed by atoms with Crippen molar-refractivity contribution in [3.05, 3.63) is 29.3 Å². The van der Waals surface area contributed by atoms with Crippen molar-refractivity contribution in [1.82, 2.24) is 0 Å². The van der Waals surface area contributed by atoms with Crippen LogP contribution in [0.5, 0.6) is 0 Å². The molecule has 6 heteroatoms. The molecule has 1 atom stereocenters. The van der Waals surface area contributed by atoms with Crippen molar-refractivity contribution in [3.8, 4) is 0 Å². The van der Waals surface area contributed by atoms with Gasteiger partial charge in [-0.25, -0.2) is 9.80 Å². The minimum atomic E-state index is -2.06. The third-order valence-corrected chi connectivity index (χ3v) is 2.87. The molecule has 90 valence electrons. The summed E-state index contributed by atoms with van der Waals surface area (Å²) in [6.45, 7) is 1.66. The number of hydrazone groups is 1. The van der Waals surface area contributed by atoms with E-state index in [9.17, 15) is 9.90 Å². The number of anilines is 1. The molecule has 1 aromatic carbocycles. The average Bonchev–Trinajstić information content (AvgIpc) is 2.56. The van der Waals surface area contributed by atoms with E-state index in [1.54, 1.807) is 31.2 Å². The molecular weight excluding hydrogens is 244 g/mol. The van der Waals surface area contributed by atoms with Crippen molar-refractivity contribution < 1.29 is 15.0 Å². The first-order chi connectivity index (χ1) is 7.95. The van der Waals surface area contributed by atoms with Gasteiger partial charge in [0.1, 0.15) is 0 Å². The summed E-state index contributed by atoms with van der Waals surface area (Å²) in [6, 6.07) is 6.64. The zero-order valence-corrected chi connectivity index (χ0v) is 9.85. The fraction of sp³-hybridized carbons (Fsp3) is 0.273. The van der Waals surface area contributed by atoms with Crippen molar-refractivity contribution in [3.63, 3.8) is 0 Å². The molecule has 1 aliphatic heterocycles. The Morgan fingerprint density at radius 3 is 2.76 bits per heavy atom. The standard InChI is InChI=1S/C11H11ClN2O3/c1-7-6-11(17,10(15)16)14(13-7)9-5-3-2-4-8(9)12/h2-5,17H,6H2,1H3,(H,15,16). The van der Waals surface area contributed by atoms with Crippen LogP contribution in [0.3, 0.4) is 0 Å².